The Labute approximate surface area is 175 Å². The molecular formula is C22H29N3O3S. The molecule has 4 fully saturated rings. The zero-order valence-corrected chi connectivity index (χ0v) is 17.9. The van der Waals surface area contributed by atoms with Crippen molar-refractivity contribution in [3.05, 3.63) is 29.8 Å². The Bertz CT molecular complexity index is 809. The van der Waals surface area contributed by atoms with E-state index >= 15 is 0 Å². The Kier molecular flexibility index (Phi) is 5.36. The average Bonchev–Trinajstić information content (AvgIpc) is 2.63. The summed E-state index contributed by atoms with van der Waals surface area (Å²) >= 11 is 1.44. The van der Waals surface area contributed by atoms with Gasteiger partial charge >= 0.3 is 0 Å². The molecule has 5 rings (SSSR count). The molecule has 4 bridgehead atoms. The molecule has 1 aromatic carbocycles. The fourth-order valence-corrected chi connectivity index (χ4v) is 6.82. The normalized spacial score (nSPS) is 31.9. The van der Waals surface area contributed by atoms with Gasteiger partial charge in [-0.2, -0.15) is 0 Å². The number of rotatable bonds is 5. The van der Waals surface area contributed by atoms with Crippen molar-refractivity contribution in [1.29, 1.82) is 0 Å². The van der Waals surface area contributed by atoms with Crippen LogP contribution in [0.3, 0.4) is 0 Å². The van der Waals surface area contributed by atoms with E-state index in [2.05, 4.69) is 16.2 Å². The SMILES string of the molecule is CC(=O)NC12C[C@H]3C[C@@H](C1)CC(C(=O)NNC(=O)CSc1ccc(C)cc1)(C3)C2. The highest BCUT2D eigenvalue weighted by molar-refractivity contribution is 8.00. The number of hydrogen-bond acceptors (Lipinski definition) is 4. The number of aryl methyl sites for hydroxylation is 1. The maximum absolute atomic E-state index is 13.1. The first-order chi connectivity index (χ1) is 13.8. The lowest BCUT2D eigenvalue weighted by Gasteiger charge is -2.61. The minimum Gasteiger partial charge on any atom is -0.351 e. The van der Waals surface area contributed by atoms with Gasteiger partial charge < -0.3 is 5.32 Å². The summed E-state index contributed by atoms with van der Waals surface area (Å²) in [4.78, 5) is 38.1. The molecule has 3 amide bonds. The molecule has 4 aliphatic carbocycles. The van der Waals surface area contributed by atoms with E-state index in [1.807, 2.05) is 31.2 Å². The quantitative estimate of drug-likeness (QED) is 0.510. The maximum Gasteiger partial charge on any atom is 0.248 e. The van der Waals surface area contributed by atoms with Gasteiger partial charge in [-0.3, -0.25) is 25.2 Å². The maximum atomic E-state index is 13.1. The van der Waals surface area contributed by atoms with Crippen LogP contribution in [-0.4, -0.2) is 29.0 Å². The third-order valence-corrected chi connectivity index (χ3v) is 7.70. The smallest absolute Gasteiger partial charge is 0.248 e. The summed E-state index contributed by atoms with van der Waals surface area (Å²) in [7, 11) is 0. The van der Waals surface area contributed by atoms with Crippen LogP contribution in [0.15, 0.2) is 29.2 Å². The predicted octanol–water partition coefficient (Wildman–Crippen LogP) is 2.71. The summed E-state index contributed by atoms with van der Waals surface area (Å²) in [6, 6.07) is 8.01. The van der Waals surface area contributed by atoms with Crippen LogP contribution in [0.25, 0.3) is 0 Å². The second-order valence-corrected chi connectivity index (χ2v) is 10.4. The van der Waals surface area contributed by atoms with E-state index < -0.39 is 5.41 Å². The van der Waals surface area contributed by atoms with Crippen molar-refractivity contribution >= 4 is 29.5 Å². The molecule has 7 heteroatoms. The lowest BCUT2D eigenvalue weighted by atomic mass is 9.46. The lowest BCUT2D eigenvalue weighted by molar-refractivity contribution is -0.154. The largest absolute Gasteiger partial charge is 0.351 e. The summed E-state index contributed by atoms with van der Waals surface area (Å²) in [5.74, 6) is 0.852. The van der Waals surface area contributed by atoms with E-state index in [1.54, 1.807) is 6.92 Å². The molecule has 0 aliphatic heterocycles. The molecule has 156 valence electrons. The fourth-order valence-electron chi connectivity index (χ4n) is 6.13. The molecule has 1 aromatic rings. The van der Waals surface area contributed by atoms with Crippen LogP contribution in [0, 0.1) is 24.2 Å². The lowest BCUT2D eigenvalue weighted by Crippen LogP contribution is -2.66. The zero-order valence-electron chi connectivity index (χ0n) is 17.0. The van der Waals surface area contributed by atoms with E-state index in [-0.39, 0.29) is 29.0 Å². The van der Waals surface area contributed by atoms with Crippen molar-refractivity contribution in [3.63, 3.8) is 0 Å². The number of hydrogen-bond donors (Lipinski definition) is 3. The van der Waals surface area contributed by atoms with Gasteiger partial charge in [0.25, 0.3) is 0 Å². The molecule has 4 atom stereocenters. The zero-order chi connectivity index (χ0) is 20.6. The summed E-state index contributed by atoms with van der Waals surface area (Å²) in [5.41, 5.74) is 5.73. The van der Waals surface area contributed by atoms with Crippen LogP contribution >= 0.6 is 11.8 Å². The van der Waals surface area contributed by atoms with Crippen molar-refractivity contribution in [3.8, 4) is 0 Å². The molecular weight excluding hydrogens is 386 g/mol. The molecule has 4 aliphatic rings. The highest BCUT2D eigenvalue weighted by atomic mass is 32.2. The van der Waals surface area contributed by atoms with Crippen molar-refractivity contribution < 1.29 is 14.4 Å². The second kappa shape index (κ2) is 7.67. The van der Waals surface area contributed by atoms with Gasteiger partial charge in [0.2, 0.25) is 17.7 Å². The Morgan fingerprint density at radius 1 is 1.03 bits per heavy atom. The first kappa shape index (κ1) is 20.3. The van der Waals surface area contributed by atoms with E-state index in [4.69, 9.17) is 0 Å². The molecule has 0 spiro atoms. The third kappa shape index (κ3) is 4.29. The standard InChI is InChI=1S/C22H29N3O3S/c1-14-3-5-18(6-4-14)29-12-19(27)24-25-20(28)21-8-16-7-17(9-21)11-22(10-16,13-21)23-15(2)26/h3-6,16-17H,7-13H2,1-2H3,(H,23,26)(H,24,27)(H,25,28)/t16-,17+,21?,22?. The van der Waals surface area contributed by atoms with Gasteiger partial charge in [-0.25, -0.2) is 0 Å². The van der Waals surface area contributed by atoms with E-state index in [0.29, 0.717) is 18.3 Å². The van der Waals surface area contributed by atoms with Gasteiger partial charge in [0.05, 0.1) is 11.2 Å². The number of carbonyl (C=O) groups is 3. The third-order valence-electron chi connectivity index (χ3n) is 6.69. The van der Waals surface area contributed by atoms with Crippen LogP contribution in [0.2, 0.25) is 0 Å². The van der Waals surface area contributed by atoms with E-state index in [0.717, 1.165) is 37.0 Å². The number of amides is 3. The van der Waals surface area contributed by atoms with Crippen molar-refractivity contribution in [2.75, 3.05) is 5.75 Å². The molecule has 2 unspecified atom stereocenters. The molecule has 29 heavy (non-hydrogen) atoms. The number of hydrazine groups is 1. The first-order valence-corrected chi connectivity index (χ1v) is 11.3. The van der Waals surface area contributed by atoms with Crippen LogP contribution in [0.5, 0.6) is 0 Å². The van der Waals surface area contributed by atoms with Crippen molar-refractivity contribution in [1.82, 2.24) is 16.2 Å². The van der Waals surface area contributed by atoms with Gasteiger partial charge in [-0.15, -0.1) is 11.8 Å². The monoisotopic (exact) mass is 415 g/mol. The number of carbonyl (C=O) groups excluding carboxylic acids is 3. The second-order valence-electron chi connectivity index (χ2n) is 9.31. The highest BCUT2D eigenvalue weighted by Crippen LogP contribution is 2.61. The predicted molar refractivity (Wildman–Crippen MR) is 112 cm³/mol. The van der Waals surface area contributed by atoms with Crippen LogP contribution in [0.4, 0.5) is 0 Å². The number of benzene rings is 1. The van der Waals surface area contributed by atoms with Gasteiger partial charge in [0.15, 0.2) is 0 Å². The summed E-state index contributed by atoms with van der Waals surface area (Å²) in [5, 5.41) is 3.16. The molecule has 6 nitrogen and oxygen atoms in total. The van der Waals surface area contributed by atoms with Crippen LogP contribution in [-0.2, 0) is 14.4 Å². The number of thioether (sulfide) groups is 1. The van der Waals surface area contributed by atoms with Crippen LogP contribution in [0.1, 0.15) is 51.0 Å². The van der Waals surface area contributed by atoms with Gasteiger partial charge in [0.1, 0.15) is 0 Å². The molecule has 0 heterocycles. The van der Waals surface area contributed by atoms with E-state index in [1.165, 1.54) is 17.3 Å². The molecule has 0 radical (unpaired) electrons. The fraction of sp³-hybridized carbons (Fsp3) is 0.591. The molecule has 4 saturated carbocycles. The Morgan fingerprint density at radius 2 is 1.69 bits per heavy atom. The van der Waals surface area contributed by atoms with Gasteiger partial charge in [-0.05, 0) is 69.4 Å². The summed E-state index contributed by atoms with van der Waals surface area (Å²) in [6.45, 7) is 3.58. The Balaban J connectivity index is 1.34. The Morgan fingerprint density at radius 3 is 2.31 bits per heavy atom. The van der Waals surface area contributed by atoms with E-state index in [9.17, 15) is 14.4 Å². The summed E-state index contributed by atoms with van der Waals surface area (Å²) in [6.07, 6.45) is 5.47. The molecule has 3 N–H and O–H groups in total. The van der Waals surface area contributed by atoms with Crippen LogP contribution < -0.4 is 16.2 Å². The Hall–Kier alpha value is -2.02. The molecule has 0 saturated heterocycles. The summed E-state index contributed by atoms with van der Waals surface area (Å²) < 4.78 is 0. The van der Waals surface area contributed by atoms with Gasteiger partial charge in [-0.1, -0.05) is 17.7 Å². The minimum absolute atomic E-state index is 0.0241. The van der Waals surface area contributed by atoms with Crippen molar-refractivity contribution in [2.24, 2.45) is 17.3 Å². The molecule has 0 aromatic heterocycles. The van der Waals surface area contributed by atoms with Gasteiger partial charge in [0, 0.05) is 17.4 Å². The van der Waals surface area contributed by atoms with Crippen molar-refractivity contribution in [2.45, 2.75) is 62.8 Å². The highest BCUT2D eigenvalue weighted by Gasteiger charge is 2.60. The average molecular weight is 416 g/mol. The minimum atomic E-state index is -0.482. The topological polar surface area (TPSA) is 87.3 Å². The number of nitrogens with one attached hydrogen (secondary N) is 3. The first-order valence-electron chi connectivity index (χ1n) is 10.4.